The number of benzene rings is 1. The van der Waals surface area contributed by atoms with Gasteiger partial charge in [-0.15, -0.1) is 0 Å². The number of methoxy groups -OCH3 is 1. The molecule has 1 aromatic carbocycles. The van der Waals surface area contributed by atoms with Crippen LogP contribution in [0.4, 0.5) is 5.82 Å². The summed E-state index contributed by atoms with van der Waals surface area (Å²) in [5, 5.41) is 4.83. The van der Waals surface area contributed by atoms with Crippen LogP contribution in [0, 0.1) is 0 Å². The number of fused-ring (bicyclic) bond motifs is 1. The maximum Gasteiger partial charge on any atom is 0.325 e. The van der Waals surface area contributed by atoms with Crippen molar-refractivity contribution < 1.29 is 14.3 Å². The zero-order chi connectivity index (χ0) is 17.6. The van der Waals surface area contributed by atoms with E-state index in [-0.39, 0.29) is 12.5 Å². The molecule has 3 rings (SSSR count). The third-order valence-electron chi connectivity index (χ3n) is 3.77. The van der Waals surface area contributed by atoms with Crippen LogP contribution in [0.2, 0.25) is 0 Å². The molecule has 6 nitrogen and oxygen atoms in total. The summed E-state index contributed by atoms with van der Waals surface area (Å²) in [6, 6.07) is 9.59. The Bertz CT molecular complexity index is 882. The SMILES string of the molecule is CCOC(=O)CNc1ncc(-c2cccnc2)c2c(OC)cccc12. The summed E-state index contributed by atoms with van der Waals surface area (Å²) in [5.74, 6) is 1.02. The second kappa shape index (κ2) is 7.61. The van der Waals surface area contributed by atoms with E-state index < -0.39 is 0 Å². The molecule has 0 saturated carbocycles. The van der Waals surface area contributed by atoms with Crippen molar-refractivity contribution >= 4 is 22.6 Å². The van der Waals surface area contributed by atoms with E-state index in [0.717, 1.165) is 27.6 Å². The summed E-state index contributed by atoms with van der Waals surface area (Å²) in [5.41, 5.74) is 1.86. The molecule has 0 amide bonds. The number of anilines is 1. The summed E-state index contributed by atoms with van der Waals surface area (Å²) >= 11 is 0. The average Bonchev–Trinajstić information content (AvgIpc) is 2.66. The van der Waals surface area contributed by atoms with Gasteiger partial charge < -0.3 is 14.8 Å². The maximum absolute atomic E-state index is 11.6. The van der Waals surface area contributed by atoms with Gasteiger partial charge in [0.2, 0.25) is 0 Å². The lowest BCUT2D eigenvalue weighted by Crippen LogP contribution is -2.17. The molecular weight excluding hydrogens is 318 g/mol. The number of nitrogens with one attached hydrogen (secondary N) is 1. The lowest BCUT2D eigenvalue weighted by molar-refractivity contribution is -0.140. The molecule has 0 aliphatic heterocycles. The molecule has 3 aromatic rings. The molecule has 0 unspecified atom stereocenters. The van der Waals surface area contributed by atoms with Crippen molar-refractivity contribution in [2.24, 2.45) is 0 Å². The van der Waals surface area contributed by atoms with E-state index in [4.69, 9.17) is 9.47 Å². The molecule has 25 heavy (non-hydrogen) atoms. The predicted octanol–water partition coefficient (Wildman–Crippen LogP) is 3.28. The second-order valence-corrected chi connectivity index (χ2v) is 5.30. The third-order valence-corrected chi connectivity index (χ3v) is 3.77. The number of carbonyl (C=O) groups excluding carboxylic acids is 1. The van der Waals surface area contributed by atoms with Gasteiger partial charge in [-0.05, 0) is 19.1 Å². The van der Waals surface area contributed by atoms with Gasteiger partial charge in [0, 0.05) is 40.5 Å². The monoisotopic (exact) mass is 337 g/mol. The number of hydrogen-bond acceptors (Lipinski definition) is 6. The van der Waals surface area contributed by atoms with E-state index in [1.165, 1.54) is 0 Å². The highest BCUT2D eigenvalue weighted by Crippen LogP contribution is 2.37. The van der Waals surface area contributed by atoms with Crippen LogP contribution < -0.4 is 10.1 Å². The number of pyridine rings is 2. The van der Waals surface area contributed by atoms with E-state index in [2.05, 4.69) is 15.3 Å². The van der Waals surface area contributed by atoms with E-state index >= 15 is 0 Å². The fourth-order valence-corrected chi connectivity index (χ4v) is 2.69. The Balaban J connectivity index is 2.08. The topological polar surface area (TPSA) is 73.3 Å². The van der Waals surface area contributed by atoms with Gasteiger partial charge >= 0.3 is 5.97 Å². The number of rotatable bonds is 6. The molecule has 0 bridgehead atoms. The summed E-state index contributed by atoms with van der Waals surface area (Å²) in [4.78, 5) is 20.3. The summed E-state index contributed by atoms with van der Waals surface area (Å²) in [6.45, 7) is 2.18. The zero-order valence-corrected chi connectivity index (χ0v) is 14.2. The fourth-order valence-electron chi connectivity index (χ4n) is 2.69. The van der Waals surface area contributed by atoms with Crippen molar-refractivity contribution in [2.75, 3.05) is 25.6 Å². The van der Waals surface area contributed by atoms with Crippen LogP contribution in [0.15, 0.2) is 48.9 Å². The van der Waals surface area contributed by atoms with Crippen LogP contribution >= 0.6 is 0 Å². The zero-order valence-electron chi connectivity index (χ0n) is 14.2. The fraction of sp³-hybridized carbons (Fsp3) is 0.211. The number of hydrogen-bond donors (Lipinski definition) is 1. The lowest BCUT2D eigenvalue weighted by Gasteiger charge is -2.14. The molecule has 0 spiro atoms. The van der Waals surface area contributed by atoms with E-state index in [9.17, 15) is 4.79 Å². The highest BCUT2D eigenvalue weighted by atomic mass is 16.5. The first-order valence-corrected chi connectivity index (χ1v) is 8.00. The summed E-state index contributed by atoms with van der Waals surface area (Å²) in [6.07, 6.45) is 5.27. The van der Waals surface area contributed by atoms with Crippen molar-refractivity contribution in [1.29, 1.82) is 0 Å². The number of ether oxygens (including phenoxy) is 2. The third kappa shape index (κ3) is 3.52. The molecule has 0 atom stereocenters. The number of esters is 1. The molecule has 128 valence electrons. The van der Waals surface area contributed by atoms with Crippen molar-refractivity contribution in [3.63, 3.8) is 0 Å². The molecule has 0 aliphatic rings. The van der Waals surface area contributed by atoms with Gasteiger partial charge in [-0.3, -0.25) is 9.78 Å². The van der Waals surface area contributed by atoms with Crippen molar-refractivity contribution in [1.82, 2.24) is 9.97 Å². The average molecular weight is 337 g/mol. The molecular formula is C19H19N3O3. The minimum absolute atomic E-state index is 0.0549. The van der Waals surface area contributed by atoms with Crippen LogP contribution in [0.25, 0.3) is 21.9 Å². The Morgan fingerprint density at radius 2 is 2.08 bits per heavy atom. The molecule has 0 aliphatic carbocycles. The Hall–Kier alpha value is -3.15. The number of carbonyl (C=O) groups is 1. The van der Waals surface area contributed by atoms with Gasteiger partial charge in [0.1, 0.15) is 18.1 Å². The van der Waals surface area contributed by atoms with Gasteiger partial charge in [-0.25, -0.2) is 4.98 Å². The lowest BCUT2D eigenvalue weighted by atomic mass is 10.0. The van der Waals surface area contributed by atoms with Gasteiger partial charge in [0.15, 0.2) is 0 Å². The summed E-state index contributed by atoms with van der Waals surface area (Å²) in [7, 11) is 1.63. The number of nitrogens with zero attached hydrogens (tertiary/aromatic N) is 2. The highest BCUT2D eigenvalue weighted by Gasteiger charge is 2.14. The van der Waals surface area contributed by atoms with Gasteiger partial charge in [-0.2, -0.15) is 0 Å². The first-order chi connectivity index (χ1) is 12.2. The highest BCUT2D eigenvalue weighted by molar-refractivity contribution is 6.05. The Kier molecular flexibility index (Phi) is 5.09. The van der Waals surface area contributed by atoms with Crippen LogP contribution in [-0.2, 0) is 9.53 Å². The van der Waals surface area contributed by atoms with E-state index in [1.54, 1.807) is 32.6 Å². The minimum Gasteiger partial charge on any atom is -0.496 e. The predicted molar refractivity (Wildman–Crippen MR) is 96.6 cm³/mol. The van der Waals surface area contributed by atoms with Crippen molar-refractivity contribution in [3.8, 4) is 16.9 Å². The largest absolute Gasteiger partial charge is 0.496 e. The standard InChI is InChI=1S/C19H19N3O3/c1-3-25-17(23)12-22-19-14-7-4-8-16(24-2)18(14)15(11-21-19)13-6-5-9-20-10-13/h4-11H,3,12H2,1-2H3,(H,21,22). The van der Waals surface area contributed by atoms with Crippen LogP contribution in [0.1, 0.15) is 6.92 Å². The van der Waals surface area contributed by atoms with Gasteiger partial charge in [0.25, 0.3) is 0 Å². The van der Waals surface area contributed by atoms with E-state index in [1.807, 2.05) is 30.3 Å². The van der Waals surface area contributed by atoms with Crippen molar-refractivity contribution in [2.45, 2.75) is 6.92 Å². The van der Waals surface area contributed by atoms with Crippen LogP contribution in [0.5, 0.6) is 5.75 Å². The van der Waals surface area contributed by atoms with Crippen LogP contribution in [0.3, 0.4) is 0 Å². The minimum atomic E-state index is -0.323. The number of aromatic nitrogens is 2. The van der Waals surface area contributed by atoms with Crippen LogP contribution in [-0.4, -0.2) is 36.2 Å². The van der Waals surface area contributed by atoms with Gasteiger partial charge in [0.05, 0.1) is 13.7 Å². The molecule has 6 heteroatoms. The molecule has 2 heterocycles. The quantitative estimate of drug-likeness (QED) is 0.696. The first kappa shape index (κ1) is 16.7. The first-order valence-electron chi connectivity index (χ1n) is 8.00. The Morgan fingerprint density at radius 1 is 1.20 bits per heavy atom. The maximum atomic E-state index is 11.6. The van der Waals surface area contributed by atoms with Gasteiger partial charge in [-0.1, -0.05) is 18.2 Å². The molecule has 0 fully saturated rings. The molecule has 0 radical (unpaired) electrons. The molecule has 0 saturated heterocycles. The molecule has 2 aromatic heterocycles. The smallest absolute Gasteiger partial charge is 0.325 e. The summed E-state index contributed by atoms with van der Waals surface area (Å²) < 4.78 is 10.5. The normalized spacial score (nSPS) is 10.5. The van der Waals surface area contributed by atoms with Crippen molar-refractivity contribution in [3.05, 3.63) is 48.9 Å². The second-order valence-electron chi connectivity index (χ2n) is 5.30. The molecule has 1 N–H and O–H groups in total. The van der Waals surface area contributed by atoms with E-state index in [0.29, 0.717) is 12.4 Å². The Morgan fingerprint density at radius 3 is 2.80 bits per heavy atom. The Labute approximate surface area is 145 Å².